The quantitative estimate of drug-likeness (QED) is 0.204. The van der Waals surface area contributed by atoms with Gasteiger partial charge in [-0.1, -0.05) is 6.07 Å². The standard InChI is InChI=1S/C24H28N2O9.C2HF3O/c1-11(27)20(28)25-17(21(29)30)22(31)34-14-6-7-24(32)15-10-12-4-5-13(33-3)18-16(12)23(24,19(14)35-18)8-9-26(15)2;3-2(4,5)1-6/h4-6,11,15,17,19,27,32H,7-10H2,1-3H3,(H,25,28)(H,29,30);1H/t11-,15+,17+,19-,23-,24+;/m0./s1. The van der Waals surface area contributed by atoms with Crippen LogP contribution in [0.2, 0.25) is 0 Å². The van der Waals surface area contributed by atoms with E-state index in [1.165, 1.54) is 7.11 Å². The number of ether oxygens (including phenoxy) is 3. The second-order valence-electron chi connectivity index (χ2n) is 10.3. The number of aldehydes is 1. The third-order valence-electron chi connectivity index (χ3n) is 8.06. The Morgan fingerprint density at radius 3 is 2.51 bits per heavy atom. The first kappa shape index (κ1) is 30.3. The molecular formula is C26H29F3N2O10. The second-order valence-corrected chi connectivity index (χ2v) is 10.3. The summed E-state index contributed by atoms with van der Waals surface area (Å²) in [6.45, 7) is 1.82. The zero-order valence-electron chi connectivity index (χ0n) is 22.2. The Hall–Kier alpha value is -3.69. The molecule has 5 rings (SSSR count). The SMILES string of the molecule is COc1ccc2c3c1O[C@H]1C(OC(=O)[C@H](NC(=O)[C@H](C)O)C(=O)O)=CC[C@@]4(O)[C@@H](C2)N(C)CC[C@]314.O=CC(F)(F)F. The number of halogens is 3. The predicted octanol–water partition coefficient (Wildman–Crippen LogP) is 0.214. The smallest absolute Gasteiger partial charge is 0.446 e. The van der Waals surface area contributed by atoms with Crippen molar-refractivity contribution in [2.45, 2.75) is 67.7 Å². The van der Waals surface area contributed by atoms with Gasteiger partial charge in [0.25, 0.3) is 0 Å². The van der Waals surface area contributed by atoms with Crippen LogP contribution in [0.4, 0.5) is 13.2 Å². The molecule has 2 heterocycles. The molecule has 1 saturated heterocycles. The van der Waals surface area contributed by atoms with Gasteiger partial charge >= 0.3 is 18.1 Å². The molecule has 2 aliphatic heterocycles. The van der Waals surface area contributed by atoms with Gasteiger partial charge in [0.2, 0.25) is 18.2 Å². The van der Waals surface area contributed by atoms with Gasteiger partial charge < -0.3 is 39.7 Å². The summed E-state index contributed by atoms with van der Waals surface area (Å²) < 4.78 is 48.7. The Kier molecular flexibility index (Phi) is 7.84. The number of carbonyl (C=O) groups excluding carboxylic acids is 3. The Labute approximate surface area is 231 Å². The predicted molar refractivity (Wildman–Crippen MR) is 131 cm³/mol. The van der Waals surface area contributed by atoms with Crippen molar-refractivity contribution in [2.24, 2.45) is 0 Å². The number of aliphatic hydroxyl groups is 2. The largest absolute Gasteiger partial charge is 0.493 e. The van der Waals surface area contributed by atoms with E-state index in [9.17, 15) is 42.9 Å². The van der Waals surface area contributed by atoms with Crippen LogP contribution in [-0.4, -0.2) is 101 Å². The minimum absolute atomic E-state index is 0.0756. The van der Waals surface area contributed by atoms with Gasteiger partial charge in [-0.05, 0) is 51.1 Å². The summed E-state index contributed by atoms with van der Waals surface area (Å²) in [5.74, 6) is -2.84. The average molecular weight is 587 g/mol. The number of hydrogen-bond acceptors (Lipinski definition) is 10. The number of nitrogens with zero attached hydrogens (tertiary/aromatic N) is 1. The number of likely N-dealkylation sites (N-methyl/N-ethyl adjacent to an activating group) is 1. The summed E-state index contributed by atoms with van der Waals surface area (Å²) >= 11 is 0. The minimum atomic E-state index is -4.64. The molecule has 1 aromatic rings. The van der Waals surface area contributed by atoms with Crippen LogP contribution in [0.25, 0.3) is 0 Å². The summed E-state index contributed by atoms with van der Waals surface area (Å²) in [5, 5.41) is 33.0. The fourth-order valence-electron chi connectivity index (χ4n) is 6.25. The van der Waals surface area contributed by atoms with Crippen LogP contribution in [0.15, 0.2) is 24.0 Å². The van der Waals surface area contributed by atoms with E-state index < -0.39 is 59.6 Å². The number of piperidine rings is 1. The topological polar surface area (TPSA) is 172 Å². The highest BCUT2D eigenvalue weighted by Crippen LogP contribution is 2.65. The zero-order chi connectivity index (χ0) is 30.5. The van der Waals surface area contributed by atoms with E-state index >= 15 is 0 Å². The van der Waals surface area contributed by atoms with Crippen LogP contribution in [0.5, 0.6) is 11.5 Å². The van der Waals surface area contributed by atoms with Crippen LogP contribution >= 0.6 is 0 Å². The number of esters is 1. The van der Waals surface area contributed by atoms with E-state index in [-0.39, 0.29) is 18.2 Å². The van der Waals surface area contributed by atoms with E-state index in [4.69, 9.17) is 19.0 Å². The summed E-state index contributed by atoms with van der Waals surface area (Å²) in [6.07, 6.45) is -5.24. The molecule has 224 valence electrons. The van der Waals surface area contributed by atoms with Crippen molar-refractivity contribution in [3.05, 3.63) is 35.1 Å². The minimum Gasteiger partial charge on any atom is -0.493 e. The third kappa shape index (κ3) is 4.91. The van der Waals surface area contributed by atoms with Gasteiger partial charge in [0, 0.05) is 18.0 Å². The highest BCUT2D eigenvalue weighted by atomic mass is 19.4. The van der Waals surface area contributed by atoms with E-state index in [1.807, 2.05) is 24.5 Å². The van der Waals surface area contributed by atoms with Crippen LogP contribution in [-0.2, 0) is 35.8 Å². The first-order valence-electron chi connectivity index (χ1n) is 12.6. The van der Waals surface area contributed by atoms with E-state index in [0.29, 0.717) is 30.9 Å². The molecule has 0 aromatic heterocycles. The van der Waals surface area contributed by atoms with Crippen LogP contribution in [0.3, 0.4) is 0 Å². The van der Waals surface area contributed by atoms with Gasteiger partial charge in [-0.25, -0.2) is 9.59 Å². The van der Waals surface area contributed by atoms with Crippen molar-refractivity contribution in [1.82, 2.24) is 10.2 Å². The lowest BCUT2D eigenvalue weighted by atomic mass is 9.50. The van der Waals surface area contributed by atoms with Crippen LogP contribution < -0.4 is 14.8 Å². The normalized spacial score (nSPS) is 28.8. The molecule has 1 fully saturated rings. The molecule has 4 aliphatic rings. The van der Waals surface area contributed by atoms with E-state index in [0.717, 1.165) is 18.1 Å². The lowest BCUT2D eigenvalue weighted by molar-refractivity contribution is -0.171. The van der Waals surface area contributed by atoms with Gasteiger partial charge in [-0.2, -0.15) is 13.2 Å². The first-order chi connectivity index (χ1) is 19.1. The van der Waals surface area contributed by atoms with Crippen LogP contribution in [0, 0.1) is 0 Å². The monoisotopic (exact) mass is 586 g/mol. The van der Waals surface area contributed by atoms with Crippen LogP contribution in [0.1, 0.15) is 30.9 Å². The number of carboxylic acids is 1. The van der Waals surface area contributed by atoms with Crippen molar-refractivity contribution >= 4 is 24.1 Å². The van der Waals surface area contributed by atoms with Gasteiger partial charge in [0.15, 0.2) is 17.6 Å². The number of hydrogen-bond donors (Lipinski definition) is 4. The van der Waals surface area contributed by atoms with E-state index in [2.05, 4.69) is 4.90 Å². The summed E-state index contributed by atoms with van der Waals surface area (Å²) in [5.41, 5.74) is -0.275. The maximum atomic E-state index is 12.9. The molecule has 2 aliphatic carbocycles. The van der Waals surface area contributed by atoms with Crippen molar-refractivity contribution in [3.63, 3.8) is 0 Å². The van der Waals surface area contributed by atoms with Gasteiger partial charge in [-0.3, -0.25) is 9.59 Å². The maximum Gasteiger partial charge on any atom is 0.446 e. The number of carbonyl (C=O) groups is 4. The number of rotatable bonds is 6. The summed E-state index contributed by atoms with van der Waals surface area (Å²) in [7, 11) is 3.49. The number of benzene rings is 1. The van der Waals surface area contributed by atoms with Gasteiger partial charge in [0.05, 0.1) is 18.1 Å². The molecule has 12 nitrogen and oxygen atoms in total. The van der Waals surface area contributed by atoms with Crippen molar-refractivity contribution < 1.29 is 61.9 Å². The third-order valence-corrected chi connectivity index (χ3v) is 8.06. The summed E-state index contributed by atoms with van der Waals surface area (Å²) in [4.78, 5) is 47.2. The number of amides is 1. The Morgan fingerprint density at radius 2 is 1.95 bits per heavy atom. The van der Waals surface area contributed by atoms with Crippen molar-refractivity contribution in [2.75, 3.05) is 20.7 Å². The number of likely N-dealkylation sites (tertiary alicyclic amines) is 1. The highest BCUT2D eigenvalue weighted by Gasteiger charge is 2.72. The number of nitrogens with one attached hydrogen (secondary N) is 1. The molecule has 41 heavy (non-hydrogen) atoms. The molecular weight excluding hydrogens is 557 g/mol. The molecule has 6 atom stereocenters. The number of aliphatic hydroxyl groups excluding tert-OH is 1. The number of aliphatic carboxylic acids is 1. The molecule has 1 amide bonds. The molecule has 2 bridgehead atoms. The molecule has 0 saturated carbocycles. The second kappa shape index (κ2) is 10.6. The van der Waals surface area contributed by atoms with E-state index in [1.54, 1.807) is 6.08 Å². The zero-order valence-corrected chi connectivity index (χ0v) is 22.2. The molecule has 1 spiro atoms. The number of alkyl halides is 3. The molecule has 1 aromatic carbocycles. The number of methoxy groups -OCH3 is 1. The number of carboxylic acid groups (broad SMARTS) is 1. The van der Waals surface area contributed by atoms with Crippen molar-refractivity contribution in [1.29, 1.82) is 0 Å². The average Bonchev–Trinajstić information content (AvgIpc) is 3.26. The highest BCUT2D eigenvalue weighted by molar-refractivity contribution is 6.02. The molecule has 0 unspecified atom stereocenters. The Balaban J connectivity index is 0.000000585. The van der Waals surface area contributed by atoms with Gasteiger partial charge in [-0.15, -0.1) is 0 Å². The Morgan fingerprint density at radius 1 is 1.29 bits per heavy atom. The lowest BCUT2D eigenvalue weighted by Crippen LogP contribution is -2.74. The van der Waals surface area contributed by atoms with Crippen molar-refractivity contribution in [3.8, 4) is 11.5 Å². The van der Waals surface area contributed by atoms with Gasteiger partial charge in [0.1, 0.15) is 11.9 Å². The molecule has 4 N–H and O–H groups in total. The molecule has 0 radical (unpaired) electrons. The fraction of sp³-hybridized carbons (Fsp3) is 0.538. The molecule has 15 heteroatoms. The lowest BCUT2D eigenvalue weighted by Gasteiger charge is -2.61. The maximum absolute atomic E-state index is 12.9. The fourth-order valence-corrected chi connectivity index (χ4v) is 6.25. The Bertz CT molecular complexity index is 1300. The summed E-state index contributed by atoms with van der Waals surface area (Å²) in [6, 6.07) is 1.55. The first-order valence-corrected chi connectivity index (χ1v) is 12.6.